The highest BCUT2D eigenvalue weighted by atomic mass is 19.1. The van der Waals surface area contributed by atoms with E-state index < -0.39 is 0 Å². The Kier molecular flexibility index (Phi) is 5.72. The smallest absolute Gasteiger partial charge is 0.260 e. The first-order valence-corrected chi connectivity index (χ1v) is 11.2. The zero-order valence-corrected chi connectivity index (χ0v) is 19.5. The number of hydrogen-bond acceptors (Lipinski definition) is 8. The number of aromatic amines is 1. The van der Waals surface area contributed by atoms with Gasteiger partial charge in [0.15, 0.2) is 11.5 Å². The summed E-state index contributed by atoms with van der Waals surface area (Å²) in [5, 5.41) is 0.492. The Labute approximate surface area is 196 Å². The first kappa shape index (κ1) is 22.0. The molecule has 3 heterocycles. The topological polar surface area (TPSA) is 86.3 Å². The lowest BCUT2D eigenvalue weighted by molar-refractivity contribution is 0.354. The number of methoxy groups -OCH3 is 2. The number of H-pyrrole nitrogens is 1. The maximum absolute atomic E-state index is 13.7. The summed E-state index contributed by atoms with van der Waals surface area (Å²) in [5.41, 5.74) is 1.85. The Morgan fingerprint density at radius 1 is 1.03 bits per heavy atom. The molecule has 9 nitrogen and oxygen atoms in total. The third kappa shape index (κ3) is 3.78. The lowest BCUT2D eigenvalue weighted by atomic mass is 10.1. The number of piperazine rings is 1. The summed E-state index contributed by atoms with van der Waals surface area (Å²) in [6.45, 7) is 5.97. The third-order valence-corrected chi connectivity index (χ3v) is 6.37. The van der Waals surface area contributed by atoms with Crippen LogP contribution in [0.1, 0.15) is 5.56 Å². The molecule has 0 spiro atoms. The summed E-state index contributed by atoms with van der Waals surface area (Å²) in [6.07, 6.45) is 0. The van der Waals surface area contributed by atoms with Gasteiger partial charge in [-0.2, -0.15) is 0 Å². The molecular weight excluding hydrogens is 439 g/mol. The SMILES string of the molecule is COc1cc2nc(N3CCN(C4=NCCN4c4cccc(F)c4)CC3)[nH]c(=O)c2c(C)c1OC. The van der Waals surface area contributed by atoms with Crippen LogP contribution in [0.3, 0.4) is 0 Å². The zero-order chi connectivity index (χ0) is 23.8. The van der Waals surface area contributed by atoms with Crippen molar-refractivity contribution in [2.45, 2.75) is 6.92 Å². The molecule has 5 rings (SSSR count). The third-order valence-electron chi connectivity index (χ3n) is 6.37. The molecule has 0 unspecified atom stereocenters. The Morgan fingerprint density at radius 2 is 1.79 bits per heavy atom. The van der Waals surface area contributed by atoms with Crippen LogP contribution in [0.15, 0.2) is 40.1 Å². The van der Waals surface area contributed by atoms with E-state index in [1.165, 1.54) is 12.1 Å². The average molecular weight is 467 g/mol. The average Bonchev–Trinajstić information content (AvgIpc) is 3.33. The number of nitrogens with one attached hydrogen (secondary N) is 1. The molecule has 3 aromatic rings. The molecule has 0 saturated carbocycles. The van der Waals surface area contributed by atoms with Crippen molar-refractivity contribution in [3.63, 3.8) is 0 Å². The predicted octanol–water partition coefficient (Wildman–Crippen LogP) is 2.39. The van der Waals surface area contributed by atoms with E-state index in [1.807, 2.05) is 13.0 Å². The minimum atomic E-state index is -0.260. The largest absolute Gasteiger partial charge is 0.493 e. The van der Waals surface area contributed by atoms with Gasteiger partial charge in [0, 0.05) is 50.0 Å². The van der Waals surface area contributed by atoms with Gasteiger partial charge in [-0.3, -0.25) is 14.8 Å². The molecule has 1 aromatic heterocycles. The van der Waals surface area contributed by atoms with Crippen LogP contribution in [0, 0.1) is 12.7 Å². The molecular formula is C24H27FN6O3. The Morgan fingerprint density at radius 3 is 2.50 bits per heavy atom. The van der Waals surface area contributed by atoms with Crippen LogP contribution in [-0.4, -0.2) is 74.3 Å². The molecule has 10 heteroatoms. The monoisotopic (exact) mass is 466 g/mol. The van der Waals surface area contributed by atoms with Crippen LogP contribution in [0.5, 0.6) is 11.5 Å². The van der Waals surface area contributed by atoms with Crippen molar-refractivity contribution in [3.8, 4) is 11.5 Å². The highest BCUT2D eigenvalue weighted by Crippen LogP contribution is 2.35. The lowest BCUT2D eigenvalue weighted by Gasteiger charge is -2.38. The molecule has 2 aliphatic rings. The maximum atomic E-state index is 13.7. The van der Waals surface area contributed by atoms with Crippen LogP contribution in [-0.2, 0) is 0 Å². The number of ether oxygens (including phenoxy) is 2. The van der Waals surface area contributed by atoms with Crippen molar-refractivity contribution in [1.82, 2.24) is 14.9 Å². The molecule has 2 aliphatic heterocycles. The molecule has 0 amide bonds. The van der Waals surface area contributed by atoms with E-state index in [2.05, 4.69) is 24.7 Å². The van der Waals surface area contributed by atoms with Gasteiger partial charge in [0.25, 0.3) is 5.56 Å². The fourth-order valence-corrected chi connectivity index (χ4v) is 4.70. The maximum Gasteiger partial charge on any atom is 0.260 e. The molecule has 1 fully saturated rings. The van der Waals surface area contributed by atoms with Crippen molar-refractivity contribution < 1.29 is 13.9 Å². The molecule has 178 valence electrons. The lowest BCUT2D eigenvalue weighted by Crippen LogP contribution is -2.53. The van der Waals surface area contributed by atoms with E-state index in [9.17, 15) is 9.18 Å². The van der Waals surface area contributed by atoms with Crippen LogP contribution in [0.25, 0.3) is 10.9 Å². The molecule has 0 bridgehead atoms. The number of fused-ring (bicyclic) bond motifs is 1. The van der Waals surface area contributed by atoms with Crippen molar-refractivity contribution in [2.24, 2.45) is 4.99 Å². The second kappa shape index (κ2) is 8.85. The second-order valence-corrected chi connectivity index (χ2v) is 8.31. The number of nitrogens with zero attached hydrogens (tertiary/aromatic N) is 5. The number of anilines is 2. The summed E-state index contributed by atoms with van der Waals surface area (Å²) in [6, 6.07) is 8.33. The number of benzene rings is 2. The van der Waals surface area contributed by atoms with Gasteiger partial charge < -0.3 is 24.2 Å². The molecule has 0 aliphatic carbocycles. The summed E-state index contributed by atoms with van der Waals surface area (Å²) >= 11 is 0. The van der Waals surface area contributed by atoms with Gasteiger partial charge in [-0.25, -0.2) is 9.37 Å². The van der Waals surface area contributed by atoms with Gasteiger partial charge >= 0.3 is 0 Å². The van der Waals surface area contributed by atoms with Crippen LogP contribution in [0.4, 0.5) is 16.0 Å². The minimum Gasteiger partial charge on any atom is -0.493 e. The van der Waals surface area contributed by atoms with Gasteiger partial charge in [0.05, 0.1) is 31.7 Å². The fraction of sp³-hybridized carbons (Fsp3) is 0.375. The van der Waals surface area contributed by atoms with Crippen molar-refractivity contribution in [1.29, 1.82) is 0 Å². The quantitative estimate of drug-likeness (QED) is 0.632. The molecule has 0 atom stereocenters. The minimum absolute atomic E-state index is 0.210. The number of aromatic nitrogens is 2. The van der Waals surface area contributed by atoms with Gasteiger partial charge in [0.2, 0.25) is 11.9 Å². The molecule has 34 heavy (non-hydrogen) atoms. The molecule has 0 radical (unpaired) electrons. The van der Waals surface area contributed by atoms with Crippen LogP contribution >= 0.6 is 0 Å². The van der Waals surface area contributed by atoms with Gasteiger partial charge in [-0.1, -0.05) is 6.07 Å². The van der Waals surface area contributed by atoms with E-state index in [4.69, 9.17) is 14.5 Å². The second-order valence-electron chi connectivity index (χ2n) is 8.31. The van der Waals surface area contributed by atoms with Crippen molar-refractivity contribution >= 4 is 28.5 Å². The van der Waals surface area contributed by atoms with Gasteiger partial charge in [-0.05, 0) is 25.1 Å². The fourth-order valence-electron chi connectivity index (χ4n) is 4.70. The van der Waals surface area contributed by atoms with Crippen LogP contribution in [0.2, 0.25) is 0 Å². The molecule has 2 aromatic carbocycles. The summed E-state index contributed by atoms with van der Waals surface area (Å²) < 4.78 is 24.6. The van der Waals surface area contributed by atoms with E-state index >= 15 is 0 Å². The first-order valence-electron chi connectivity index (χ1n) is 11.2. The number of aliphatic imine (C=N–C) groups is 1. The summed E-state index contributed by atoms with van der Waals surface area (Å²) in [4.78, 5) is 31.6. The molecule has 1 saturated heterocycles. The number of guanidine groups is 1. The number of halogens is 1. The zero-order valence-electron chi connectivity index (χ0n) is 19.5. The Balaban J connectivity index is 1.36. The predicted molar refractivity (Wildman–Crippen MR) is 130 cm³/mol. The highest BCUT2D eigenvalue weighted by molar-refractivity contribution is 5.97. The number of aryl methyl sites for hydroxylation is 1. The van der Waals surface area contributed by atoms with Gasteiger partial charge in [0.1, 0.15) is 5.82 Å². The van der Waals surface area contributed by atoms with E-state index in [0.717, 1.165) is 18.2 Å². The number of rotatable bonds is 4. The van der Waals surface area contributed by atoms with E-state index in [0.29, 0.717) is 66.6 Å². The van der Waals surface area contributed by atoms with E-state index in [1.54, 1.807) is 26.4 Å². The Hall–Kier alpha value is -3.82. The van der Waals surface area contributed by atoms with Crippen LogP contribution < -0.4 is 24.8 Å². The summed E-state index contributed by atoms with van der Waals surface area (Å²) in [7, 11) is 3.12. The Bertz CT molecular complexity index is 1320. The van der Waals surface area contributed by atoms with Gasteiger partial charge in [-0.15, -0.1) is 0 Å². The molecule has 1 N–H and O–H groups in total. The number of hydrogen-bond donors (Lipinski definition) is 1. The van der Waals surface area contributed by atoms with Crippen molar-refractivity contribution in [3.05, 3.63) is 52.1 Å². The standard InChI is InChI=1S/C24H27FN6O3/c1-15-20-18(14-19(33-2)21(15)34-3)27-23(28-22(20)32)29-9-11-30(12-10-29)24-26-7-8-31(24)17-6-4-5-16(25)13-17/h4-6,13-14H,7-12H2,1-3H3,(H,27,28,32). The van der Waals surface area contributed by atoms with E-state index in [-0.39, 0.29) is 11.4 Å². The van der Waals surface area contributed by atoms with Crippen molar-refractivity contribution in [2.75, 3.05) is 63.3 Å². The summed E-state index contributed by atoms with van der Waals surface area (Å²) in [5.74, 6) is 2.20. The highest BCUT2D eigenvalue weighted by Gasteiger charge is 2.28. The normalized spacial score (nSPS) is 16.2. The first-order chi connectivity index (χ1) is 16.5.